The van der Waals surface area contributed by atoms with Crippen LogP contribution in [0.1, 0.15) is 80.4 Å². The standard InChI is InChI=1S/C41H42F3N3O8S/c1-4-47(33-21-16-29(17-22-33)40(51)55-3)56(52,53)34-7-5-6-30(24-34)37(48)46-36-23-18-31(41(42,43)44)25-35(36)38(49)45-32-19-12-27(13-20-32)9-8-26-10-14-28(15-11-26)39(50)54-2/h5-7,10-15,18-20,23-25,29,33H,4,8-9,16-17,21-22H2,1-3H3,(H,45,49)(H,46,48)/t29-,33-. The third kappa shape index (κ3) is 10.0. The molecule has 0 saturated heterocycles. The Bertz CT molecular complexity index is 2170. The van der Waals surface area contributed by atoms with Gasteiger partial charge in [-0.15, -0.1) is 0 Å². The molecule has 0 heterocycles. The summed E-state index contributed by atoms with van der Waals surface area (Å²) in [5.74, 6) is -2.82. The Kier molecular flexibility index (Phi) is 13.3. The first-order chi connectivity index (χ1) is 26.6. The van der Waals surface area contributed by atoms with Gasteiger partial charge in [-0.05, 0) is 110 Å². The monoisotopic (exact) mass is 793 g/mol. The number of anilines is 2. The molecule has 0 atom stereocenters. The van der Waals surface area contributed by atoms with Gasteiger partial charge in [-0.1, -0.05) is 37.3 Å². The van der Waals surface area contributed by atoms with Crippen LogP contribution in [-0.4, -0.2) is 63.3 Å². The number of sulfonamides is 1. The van der Waals surface area contributed by atoms with Gasteiger partial charge in [-0.25, -0.2) is 13.2 Å². The summed E-state index contributed by atoms with van der Waals surface area (Å²) >= 11 is 0. The number of alkyl halides is 3. The molecule has 2 amide bonds. The number of halogens is 3. The van der Waals surface area contributed by atoms with Crippen LogP contribution in [0.25, 0.3) is 0 Å². The number of nitrogens with zero attached hydrogens (tertiary/aromatic N) is 1. The molecule has 4 aromatic rings. The van der Waals surface area contributed by atoms with Gasteiger partial charge in [-0.2, -0.15) is 17.5 Å². The minimum Gasteiger partial charge on any atom is -0.469 e. The molecule has 0 radical (unpaired) electrons. The van der Waals surface area contributed by atoms with Crippen LogP contribution >= 0.6 is 0 Å². The van der Waals surface area contributed by atoms with Gasteiger partial charge in [0, 0.05) is 23.8 Å². The maximum absolute atomic E-state index is 13.8. The molecule has 2 N–H and O–H groups in total. The van der Waals surface area contributed by atoms with Crippen LogP contribution in [0.15, 0.2) is 95.9 Å². The fourth-order valence-electron chi connectivity index (χ4n) is 6.70. The Balaban J connectivity index is 1.29. The lowest BCUT2D eigenvalue weighted by atomic mass is 9.86. The van der Waals surface area contributed by atoms with Crippen molar-refractivity contribution in [3.8, 4) is 0 Å². The zero-order chi connectivity index (χ0) is 40.6. The van der Waals surface area contributed by atoms with Crippen molar-refractivity contribution in [2.24, 2.45) is 5.92 Å². The van der Waals surface area contributed by atoms with Gasteiger partial charge in [0.2, 0.25) is 10.0 Å². The summed E-state index contributed by atoms with van der Waals surface area (Å²) in [5.41, 5.74) is 0.755. The molecule has 5 rings (SSSR count). The molecule has 4 aromatic carbocycles. The third-order valence-electron chi connectivity index (χ3n) is 9.78. The number of nitrogens with one attached hydrogen (secondary N) is 2. The van der Waals surface area contributed by atoms with E-state index in [9.17, 15) is 40.8 Å². The van der Waals surface area contributed by atoms with Crippen molar-refractivity contribution in [1.29, 1.82) is 0 Å². The van der Waals surface area contributed by atoms with Crippen LogP contribution in [0.4, 0.5) is 24.5 Å². The van der Waals surface area contributed by atoms with E-state index in [2.05, 4.69) is 10.6 Å². The molecular weight excluding hydrogens is 752 g/mol. The molecule has 1 fully saturated rings. The van der Waals surface area contributed by atoms with E-state index in [-0.39, 0.29) is 40.6 Å². The van der Waals surface area contributed by atoms with Crippen LogP contribution in [0, 0.1) is 5.92 Å². The summed E-state index contributed by atoms with van der Waals surface area (Å²) in [7, 11) is -1.47. The highest BCUT2D eigenvalue weighted by molar-refractivity contribution is 7.89. The van der Waals surface area contributed by atoms with E-state index < -0.39 is 45.1 Å². The van der Waals surface area contributed by atoms with Crippen molar-refractivity contribution in [2.45, 2.75) is 62.6 Å². The van der Waals surface area contributed by atoms with Crippen LogP contribution in [0.2, 0.25) is 0 Å². The van der Waals surface area contributed by atoms with Crippen LogP contribution in [-0.2, 0) is 43.3 Å². The number of carbonyl (C=O) groups is 4. The van der Waals surface area contributed by atoms with Crippen molar-refractivity contribution in [3.63, 3.8) is 0 Å². The third-order valence-corrected chi connectivity index (χ3v) is 11.8. The highest BCUT2D eigenvalue weighted by Crippen LogP contribution is 2.34. The van der Waals surface area contributed by atoms with Gasteiger partial charge < -0.3 is 20.1 Å². The van der Waals surface area contributed by atoms with Crippen molar-refractivity contribution in [1.82, 2.24) is 4.31 Å². The smallest absolute Gasteiger partial charge is 0.416 e. The Labute approximate surface area is 323 Å². The van der Waals surface area contributed by atoms with Crippen molar-refractivity contribution in [3.05, 3.63) is 124 Å². The van der Waals surface area contributed by atoms with E-state index in [1.807, 2.05) is 12.1 Å². The number of carbonyl (C=O) groups excluding carboxylic acids is 4. The first-order valence-electron chi connectivity index (χ1n) is 17.9. The molecule has 1 aliphatic carbocycles. The van der Waals surface area contributed by atoms with Crippen LogP contribution in [0.5, 0.6) is 0 Å². The molecule has 0 aliphatic heterocycles. The number of hydrogen-bond donors (Lipinski definition) is 2. The zero-order valence-corrected chi connectivity index (χ0v) is 31.8. The second kappa shape index (κ2) is 17.9. The van der Waals surface area contributed by atoms with Gasteiger partial charge in [0.1, 0.15) is 0 Å². The predicted octanol–water partition coefficient (Wildman–Crippen LogP) is 7.52. The first kappa shape index (κ1) is 41.6. The lowest BCUT2D eigenvalue weighted by Crippen LogP contribution is -2.43. The number of methoxy groups -OCH3 is 2. The maximum atomic E-state index is 13.8. The lowest BCUT2D eigenvalue weighted by molar-refractivity contribution is -0.146. The van der Waals surface area contributed by atoms with E-state index in [0.717, 1.165) is 23.3 Å². The second-order valence-electron chi connectivity index (χ2n) is 13.3. The van der Waals surface area contributed by atoms with E-state index >= 15 is 0 Å². The Morgan fingerprint density at radius 1 is 0.750 bits per heavy atom. The average molecular weight is 794 g/mol. The van der Waals surface area contributed by atoms with Crippen molar-refractivity contribution < 1.29 is 50.2 Å². The molecule has 56 heavy (non-hydrogen) atoms. The number of benzene rings is 4. The Morgan fingerprint density at radius 3 is 1.95 bits per heavy atom. The minimum absolute atomic E-state index is 0.0993. The van der Waals surface area contributed by atoms with E-state index in [1.54, 1.807) is 43.3 Å². The fourth-order valence-corrected chi connectivity index (χ4v) is 8.44. The second-order valence-corrected chi connectivity index (χ2v) is 15.2. The van der Waals surface area contributed by atoms with Crippen LogP contribution < -0.4 is 10.6 Å². The fraction of sp³-hybridized carbons (Fsp3) is 0.317. The number of esters is 2. The van der Waals surface area contributed by atoms with E-state index in [4.69, 9.17) is 9.47 Å². The number of hydrogen-bond acceptors (Lipinski definition) is 8. The van der Waals surface area contributed by atoms with Crippen molar-refractivity contribution in [2.75, 3.05) is 31.4 Å². The van der Waals surface area contributed by atoms with Gasteiger partial charge in [0.15, 0.2) is 0 Å². The maximum Gasteiger partial charge on any atom is 0.416 e. The Hall–Kier alpha value is -5.54. The number of aryl methyl sites for hydroxylation is 2. The zero-order valence-electron chi connectivity index (χ0n) is 31.0. The van der Waals surface area contributed by atoms with Gasteiger partial charge >= 0.3 is 18.1 Å². The molecular formula is C41H42F3N3O8S. The summed E-state index contributed by atoms with van der Waals surface area (Å²) < 4.78 is 79.8. The largest absolute Gasteiger partial charge is 0.469 e. The highest BCUT2D eigenvalue weighted by Gasteiger charge is 2.36. The summed E-state index contributed by atoms with van der Waals surface area (Å²) in [6.07, 6.45) is -1.66. The first-order valence-corrected chi connectivity index (χ1v) is 19.4. The molecule has 1 aliphatic rings. The number of rotatable bonds is 13. The normalized spacial score (nSPS) is 15.8. The summed E-state index contributed by atoms with van der Waals surface area (Å²) in [6, 6.07) is 21.0. The molecule has 0 unspecified atom stereocenters. The molecule has 0 bridgehead atoms. The van der Waals surface area contributed by atoms with E-state index in [0.29, 0.717) is 55.8 Å². The molecule has 296 valence electrons. The van der Waals surface area contributed by atoms with Gasteiger partial charge in [-0.3, -0.25) is 14.4 Å². The number of ether oxygens (including phenoxy) is 2. The van der Waals surface area contributed by atoms with Gasteiger partial charge in [0.25, 0.3) is 11.8 Å². The van der Waals surface area contributed by atoms with E-state index in [1.165, 1.54) is 42.8 Å². The summed E-state index contributed by atoms with van der Waals surface area (Å²) in [6.45, 7) is 1.84. The summed E-state index contributed by atoms with van der Waals surface area (Å²) in [5, 5.41) is 5.08. The molecule has 1 saturated carbocycles. The highest BCUT2D eigenvalue weighted by atomic mass is 32.2. The molecule has 0 aromatic heterocycles. The minimum atomic E-state index is -4.79. The predicted molar refractivity (Wildman–Crippen MR) is 203 cm³/mol. The number of amides is 2. The summed E-state index contributed by atoms with van der Waals surface area (Å²) in [4.78, 5) is 50.5. The SMILES string of the molecule is CCN([C@H]1CC[C@H](C(=O)OC)CC1)S(=O)(=O)c1cccc(C(=O)Nc2ccc(C(F)(F)F)cc2C(=O)Nc2ccc(CCc3ccc(C(=O)OC)cc3)cc2)c1. The van der Waals surface area contributed by atoms with Gasteiger partial charge in [0.05, 0.1) is 47.4 Å². The average Bonchev–Trinajstić information content (AvgIpc) is 3.20. The lowest BCUT2D eigenvalue weighted by Gasteiger charge is -2.34. The van der Waals surface area contributed by atoms with Crippen LogP contribution in [0.3, 0.4) is 0 Å². The molecule has 11 nitrogen and oxygen atoms in total. The quantitative estimate of drug-likeness (QED) is 0.132. The molecule has 15 heteroatoms. The van der Waals surface area contributed by atoms with Crippen molar-refractivity contribution >= 4 is 45.2 Å². The topological polar surface area (TPSA) is 148 Å². The molecule has 0 spiro atoms. The Morgan fingerprint density at radius 2 is 1.38 bits per heavy atom.